The molecule has 2 unspecified atom stereocenters. The van der Waals surface area contributed by atoms with E-state index in [0.29, 0.717) is 6.42 Å². The lowest BCUT2D eigenvalue weighted by Crippen LogP contribution is -2.38. The third kappa shape index (κ3) is 6.43. The summed E-state index contributed by atoms with van der Waals surface area (Å²) in [7, 11) is 3.17. The molecule has 0 rings (SSSR count). The Labute approximate surface area is 91.2 Å². The molecule has 0 saturated heterocycles. The van der Waals surface area contributed by atoms with Crippen LogP contribution in [0.15, 0.2) is 0 Å². The van der Waals surface area contributed by atoms with Gasteiger partial charge in [-0.25, -0.2) is 0 Å². The number of aliphatic hydroxyl groups excluding tert-OH is 1. The first-order chi connectivity index (χ1) is 7.01. The van der Waals surface area contributed by atoms with Crippen LogP contribution in [0.3, 0.4) is 0 Å². The van der Waals surface area contributed by atoms with Crippen LogP contribution in [0, 0.1) is 0 Å². The van der Waals surface area contributed by atoms with Gasteiger partial charge in [-0.2, -0.15) is 0 Å². The SMILES string of the molecule is CCC(N)CC(=O)N(C)CC(O)COC. The molecule has 3 N–H and O–H groups in total. The van der Waals surface area contributed by atoms with E-state index in [2.05, 4.69) is 0 Å². The van der Waals surface area contributed by atoms with Crippen LogP contribution in [-0.2, 0) is 9.53 Å². The second kappa shape index (κ2) is 7.62. The maximum Gasteiger partial charge on any atom is 0.223 e. The van der Waals surface area contributed by atoms with Crippen LogP contribution >= 0.6 is 0 Å². The van der Waals surface area contributed by atoms with Crippen LogP contribution in [0.5, 0.6) is 0 Å². The van der Waals surface area contributed by atoms with Crippen molar-refractivity contribution < 1.29 is 14.6 Å². The van der Waals surface area contributed by atoms with Crippen molar-refractivity contribution in [3.8, 4) is 0 Å². The molecule has 15 heavy (non-hydrogen) atoms. The average Bonchev–Trinajstić information content (AvgIpc) is 2.17. The number of ether oxygens (including phenoxy) is 1. The summed E-state index contributed by atoms with van der Waals surface area (Å²) in [5.74, 6) is -0.0421. The van der Waals surface area contributed by atoms with Gasteiger partial charge >= 0.3 is 0 Å². The molecule has 0 saturated carbocycles. The quantitative estimate of drug-likeness (QED) is 0.608. The molecule has 1 amide bonds. The minimum atomic E-state index is -0.637. The maximum absolute atomic E-state index is 11.5. The summed E-state index contributed by atoms with van der Waals surface area (Å²) < 4.78 is 4.77. The van der Waals surface area contributed by atoms with Crippen LogP contribution in [0.4, 0.5) is 0 Å². The highest BCUT2D eigenvalue weighted by molar-refractivity contribution is 5.76. The lowest BCUT2D eigenvalue weighted by Gasteiger charge is -2.21. The van der Waals surface area contributed by atoms with E-state index in [-0.39, 0.29) is 25.1 Å². The minimum Gasteiger partial charge on any atom is -0.389 e. The van der Waals surface area contributed by atoms with Crippen molar-refractivity contribution in [2.45, 2.75) is 31.9 Å². The van der Waals surface area contributed by atoms with Crippen molar-refractivity contribution in [1.29, 1.82) is 0 Å². The summed E-state index contributed by atoms with van der Waals surface area (Å²) in [6.45, 7) is 2.46. The van der Waals surface area contributed by atoms with Crippen LogP contribution < -0.4 is 5.73 Å². The van der Waals surface area contributed by atoms with E-state index in [0.717, 1.165) is 6.42 Å². The van der Waals surface area contributed by atoms with Crippen molar-refractivity contribution in [3.05, 3.63) is 0 Å². The highest BCUT2D eigenvalue weighted by Crippen LogP contribution is 1.99. The minimum absolute atomic E-state index is 0.0421. The normalized spacial score (nSPS) is 14.7. The van der Waals surface area contributed by atoms with Crippen LogP contribution in [0.2, 0.25) is 0 Å². The molecule has 0 aliphatic heterocycles. The zero-order valence-electron chi connectivity index (χ0n) is 9.77. The molecule has 90 valence electrons. The maximum atomic E-state index is 11.5. The first-order valence-electron chi connectivity index (χ1n) is 5.17. The molecule has 0 fully saturated rings. The number of hydrogen-bond acceptors (Lipinski definition) is 4. The number of carbonyl (C=O) groups excluding carboxylic acids is 1. The molecule has 0 aliphatic rings. The van der Waals surface area contributed by atoms with Gasteiger partial charge in [0, 0.05) is 33.2 Å². The van der Waals surface area contributed by atoms with Gasteiger partial charge in [-0.3, -0.25) is 4.79 Å². The second-order valence-corrected chi connectivity index (χ2v) is 3.76. The van der Waals surface area contributed by atoms with Gasteiger partial charge < -0.3 is 20.5 Å². The molecular formula is C10H22N2O3. The molecule has 0 spiro atoms. The Kier molecular flexibility index (Phi) is 7.29. The fraction of sp³-hybridized carbons (Fsp3) is 0.900. The lowest BCUT2D eigenvalue weighted by atomic mass is 10.1. The molecular weight excluding hydrogens is 196 g/mol. The summed E-state index contributed by atoms with van der Waals surface area (Å²) in [6, 6.07) is -0.0977. The highest BCUT2D eigenvalue weighted by Gasteiger charge is 2.15. The number of carbonyl (C=O) groups is 1. The standard InChI is InChI=1S/C10H22N2O3/c1-4-8(11)5-10(14)12(2)6-9(13)7-15-3/h8-9,13H,4-7,11H2,1-3H3. The number of hydrogen-bond donors (Lipinski definition) is 2. The van der Waals surface area contributed by atoms with Crippen molar-refractivity contribution >= 4 is 5.91 Å². The molecule has 5 heteroatoms. The van der Waals surface area contributed by atoms with Gasteiger partial charge in [-0.05, 0) is 6.42 Å². The number of nitrogens with two attached hydrogens (primary N) is 1. The fourth-order valence-electron chi connectivity index (χ4n) is 1.19. The highest BCUT2D eigenvalue weighted by atomic mass is 16.5. The number of rotatable bonds is 7. The second-order valence-electron chi connectivity index (χ2n) is 3.76. The first kappa shape index (κ1) is 14.3. The Bertz CT molecular complexity index is 188. The van der Waals surface area contributed by atoms with Gasteiger partial charge in [0.1, 0.15) is 0 Å². The summed E-state index contributed by atoms with van der Waals surface area (Å²) in [4.78, 5) is 13.0. The molecule has 0 aromatic carbocycles. The number of methoxy groups -OCH3 is 1. The average molecular weight is 218 g/mol. The van der Waals surface area contributed by atoms with Crippen molar-refractivity contribution in [2.24, 2.45) is 5.73 Å². The van der Waals surface area contributed by atoms with E-state index < -0.39 is 6.10 Å². The van der Waals surface area contributed by atoms with Gasteiger partial charge in [0.05, 0.1) is 12.7 Å². The zero-order chi connectivity index (χ0) is 11.8. The monoisotopic (exact) mass is 218 g/mol. The van der Waals surface area contributed by atoms with Crippen LogP contribution in [-0.4, -0.2) is 55.4 Å². The van der Waals surface area contributed by atoms with E-state index in [1.165, 1.54) is 12.0 Å². The fourth-order valence-corrected chi connectivity index (χ4v) is 1.19. The van der Waals surface area contributed by atoms with E-state index in [4.69, 9.17) is 10.5 Å². The van der Waals surface area contributed by atoms with Gasteiger partial charge in [-0.1, -0.05) is 6.92 Å². The van der Waals surface area contributed by atoms with Crippen LogP contribution in [0.25, 0.3) is 0 Å². The Hall–Kier alpha value is -0.650. The third-order valence-corrected chi connectivity index (χ3v) is 2.23. The van der Waals surface area contributed by atoms with Gasteiger partial charge in [0.25, 0.3) is 0 Å². The van der Waals surface area contributed by atoms with Crippen molar-refractivity contribution in [3.63, 3.8) is 0 Å². The first-order valence-corrected chi connectivity index (χ1v) is 5.17. The van der Waals surface area contributed by atoms with E-state index in [9.17, 15) is 9.90 Å². The molecule has 0 bridgehead atoms. The smallest absolute Gasteiger partial charge is 0.223 e. The Balaban J connectivity index is 3.87. The topological polar surface area (TPSA) is 75.8 Å². The number of nitrogens with zero attached hydrogens (tertiary/aromatic N) is 1. The van der Waals surface area contributed by atoms with Crippen LogP contribution in [0.1, 0.15) is 19.8 Å². The van der Waals surface area contributed by atoms with Crippen molar-refractivity contribution in [2.75, 3.05) is 27.3 Å². The Morgan fingerprint density at radius 3 is 2.67 bits per heavy atom. The van der Waals surface area contributed by atoms with Crippen molar-refractivity contribution in [1.82, 2.24) is 4.90 Å². The molecule has 5 nitrogen and oxygen atoms in total. The number of likely N-dealkylation sites (N-methyl/N-ethyl adjacent to an activating group) is 1. The summed E-state index contributed by atoms with van der Waals surface area (Å²) >= 11 is 0. The van der Waals surface area contributed by atoms with E-state index in [1.54, 1.807) is 7.05 Å². The molecule has 0 aliphatic carbocycles. The number of amides is 1. The Morgan fingerprint density at radius 1 is 1.60 bits per heavy atom. The summed E-state index contributed by atoms with van der Waals surface area (Å²) in [6.07, 6.45) is 0.467. The third-order valence-electron chi connectivity index (χ3n) is 2.23. The Morgan fingerprint density at radius 2 is 2.20 bits per heavy atom. The zero-order valence-corrected chi connectivity index (χ0v) is 9.77. The molecule has 0 aromatic rings. The molecule has 0 aromatic heterocycles. The summed E-state index contributed by atoms with van der Waals surface area (Å²) in [5, 5.41) is 9.41. The van der Waals surface area contributed by atoms with Gasteiger partial charge in [0.2, 0.25) is 5.91 Å². The molecule has 0 radical (unpaired) electrons. The largest absolute Gasteiger partial charge is 0.389 e. The molecule has 2 atom stereocenters. The predicted octanol–water partition coefficient (Wildman–Crippen LogP) is -0.420. The predicted molar refractivity (Wildman–Crippen MR) is 58.4 cm³/mol. The number of aliphatic hydroxyl groups is 1. The van der Waals surface area contributed by atoms with E-state index in [1.807, 2.05) is 6.92 Å². The summed E-state index contributed by atoms with van der Waals surface area (Å²) in [5.41, 5.74) is 5.67. The van der Waals surface area contributed by atoms with Gasteiger partial charge in [-0.15, -0.1) is 0 Å². The van der Waals surface area contributed by atoms with Gasteiger partial charge in [0.15, 0.2) is 0 Å². The molecule has 0 heterocycles. The lowest BCUT2D eigenvalue weighted by molar-refractivity contribution is -0.131. The van der Waals surface area contributed by atoms with E-state index >= 15 is 0 Å².